The summed E-state index contributed by atoms with van der Waals surface area (Å²) in [5.74, 6) is 5.58. The molecule has 0 bridgehead atoms. The van der Waals surface area contributed by atoms with E-state index < -0.39 is 0 Å². The first-order valence-electron chi connectivity index (χ1n) is 6.69. The van der Waals surface area contributed by atoms with Crippen molar-refractivity contribution in [3.63, 3.8) is 0 Å². The van der Waals surface area contributed by atoms with E-state index in [0.717, 1.165) is 17.1 Å². The van der Waals surface area contributed by atoms with Crippen molar-refractivity contribution in [3.8, 4) is 17.9 Å². The first-order valence-corrected chi connectivity index (χ1v) is 7.50. The molecule has 1 aromatic heterocycles. The van der Waals surface area contributed by atoms with Crippen LogP contribution in [-0.4, -0.2) is 18.3 Å². The Morgan fingerprint density at radius 1 is 1.14 bits per heavy atom. The molecule has 3 nitrogen and oxygen atoms in total. The fraction of sp³-hybridized carbons (Fsp3) is 0.235. The summed E-state index contributed by atoms with van der Waals surface area (Å²) in [7, 11) is 0. The Bertz CT molecular complexity index is 661. The van der Waals surface area contributed by atoms with Crippen LogP contribution in [0, 0.1) is 23.2 Å². The first kappa shape index (κ1) is 15.1. The van der Waals surface area contributed by atoms with Gasteiger partial charge in [0.1, 0.15) is 6.61 Å². The highest BCUT2D eigenvalue weighted by Gasteiger charge is 2.08. The minimum Gasteiger partial charge on any atom is -0.384 e. The minimum absolute atomic E-state index is 0.120. The largest absolute Gasteiger partial charge is 0.384 e. The molecule has 0 radical (unpaired) electrons. The van der Waals surface area contributed by atoms with Gasteiger partial charge in [-0.1, -0.05) is 30.0 Å². The van der Waals surface area contributed by atoms with Crippen LogP contribution < -0.4 is 4.90 Å². The highest BCUT2D eigenvalue weighted by atomic mass is 32.1. The number of nitriles is 1. The normalized spacial score (nSPS) is 9.52. The fourth-order valence-electron chi connectivity index (χ4n) is 1.97. The molecule has 0 saturated carbocycles. The smallest absolute Gasteiger partial charge is 0.104 e. The molecule has 0 atom stereocenters. The third-order valence-corrected chi connectivity index (χ3v) is 3.90. The molecule has 1 heterocycles. The van der Waals surface area contributed by atoms with Crippen LogP contribution in [0.5, 0.6) is 0 Å². The maximum atomic E-state index is 8.81. The van der Waals surface area contributed by atoms with Crippen molar-refractivity contribution in [2.75, 3.05) is 18.1 Å². The maximum Gasteiger partial charge on any atom is 0.104 e. The van der Waals surface area contributed by atoms with Crippen molar-refractivity contribution in [1.29, 1.82) is 5.26 Å². The Balaban J connectivity index is 2.11. The highest BCUT2D eigenvalue weighted by Crippen LogP contribution is 2.22. The number of anilines is 1. The number of benzene rings is 1. The van der Waals surface area contributed by atoms with Crippen molar-refractivity contribution in [2.45, 2.75) is 13.0 Å². The van der Waals surface area contributed by atoms with E-state index in [9.17, 15) is 0 Å². The van der Waals surface area contributed by atoms with Gasteiger partial charge in [-0.15, -0.1) is 11.3 Å². The van der Waals surface area contributed by atoms with Crippen LogP contribution in [0.3, 0.4) is 0 Å². The van der Waals surface area contributed by atoms with Gasteiger partial charge >= 0.3 is 0 Å². The lowest BCUT2D eigenvalue weighted by Crippen LogP contribution is -2.23. The highest BCUT2D eigenvalue weighted by molar-refractivity contribution is 7.12. The number of nitrogens with zero attached hydrogens (tertiary/aromatic N) is 2. The zero-order valence-corrected chi connectivity index (χ0v) is 12.4. The summed E-state index contributed by atoms with van der Waals surface area (Å²) in [4.78, 5) is 4.34. The summed E-state index contributed by atoms with van der Waals surface area (Å²) in [5.41, 5.74) is 1.11. The van der Waals surface area contributed by atoms with Crippen molar-refractivity contribution in [3.05, 3.63) is 52.2 Å². The van der Waals surface area contributed by atoms with Crippen LogP contribution >= 0.6 is 11.3 Å². The first-order chi connectivity index (χ1) is 10.3. The van der Waals surface area contributed by atoms with Crippen LogP contribution in [0.4, 0.5) is 5.69 Å². The van der Waals surface area contributed by atoms with Gasteiger partial charge < -0.3 is 10.0 Å². The van der Waals surface area contributed by atoms with Crippen molar-refractivity contribution < 1.29 is 5.11 Å². The van der Waals surface area contributed by atoms with E-state index in [2.05, 4.69) is 34.9 Å². The topological polar surface area (TPSA) is 47.3 Å². The molecule has 0 amide bonds. The van der Waals surface area contributed by atoms with Gasteiger partial charge in [0.25, 0.3) is 0 Å². The number of hydrogen-bond donors (Lipinski definition) is 1. The molecule has 0 saturated heterocycles. The number of para-hydroxylation sites is 1. The molecule has 0 unspecified atom stereocenters. The Morgan fingerprint density at radius 2 is 1.95 bits per heavy atom. The molecule has 2 rings (SSSR count). The predicted molar refractivity (Wildman–Crippen MR) is 86.0 cm³/mol. The standard InChI is InChI=1S/C17H16N2OS/c18-11-5-12-19(15-6-2-1-3-7-15)14-17-10-9-16(21-17)8-4-13-20/h1-3,6-7,9-10,20H,5,12-14H2. The van der Waals surface area contributed by atoms with Crippen LogP contribution in [-0.2, 0) is 6.54 Å². The number of hydrogen-bond acceptors (Lipinski definition) is 4. The van der Waals surface area contributed by atoms with Gasteiger partial charge in [0.2, 0.25) is 0 Å². The SMILES string of the molecule is N#CCCN(Cc1ccc(C#CCO)s1)c1ccccc1. The summed E-state index contributed by atoms with van der Waals surface area (Å²) >= 11 is 1.62. The molecular formula is C17H16N2OS. The summed E-state index contributed by atoms with van der Waals surface area (Å²) < 4.78 is 0. The Morgan fingerprint density at radius 3 is 2.67 bits per heavy atom. The van der Waals surface area contributed by atoms with Crippen LogP contribution in [0.2, 0.25) is 0 Å². The van der Waals surface area contributed by atoms with E-state index in [4.69, 9.17) is 10.4 Å². The van der Waals surface area contributed by atoms with E-state index in [0.29, 0.717) is 13.0 Å². The molecule has 2 aromatic rings. The van der Waals surface area contributed by atoms with E-state index in [1.165, 1.54) is 4.88 Å². The molecule has 0 fully saturated rings. The van der Waals surface area contributed by atoms with E-state index >= 15 is 0 Å². The zero-order chi connectivity index (χ0) is 14.9. The average molecular weight is 296 g/mol. The molecule has 0 aliphatic rings. The minimum atomic E-state index is -0.120. The van der Waals surface area contributed by atoms with E-state index in [1.807, 2.05) is 30.3 Å². The quantitative estimate of drug-likeness (QED) is 0.863. The molecule has 0 aliphatic carbocycles. The second-order valence-electron chi connectivity index (χ2n) is 4.39. The summed E-state index contributed by atoms with van der Waals surface area (Å²) in [6.07, 6.45) is 0.497. The molecule has 0 spiro atoms. The lowest BCUT2D eigenvalue weighted by atomic mass is 10.2. The Kier molecular flexibility index (Phi) is 5.84. The molecular weight excluding hydrogens is 280 g/mol. The van der Waals surface area contributed by atoms with Gasteiger partial charge in [0.15, 0.2) is 0 Å². The van der Waals surface area contributed by atoms with Crippen molar-refractivity contribution >= 4 is 17.0 Å². The molecule has 1 aromatic carbocycles. The third kappa shape index (κ3) is 4.65. The molecule has 106 valence electrons. The van der Waals surface area contributed by atoms with Gasteiger partial charge in [-0.05, 0) is 24.3 Å². The van der Waals surface area contributed by atoms with Crippen molar-refractivity contribution in [1.82, 2.24) is 0 Å². The monoisotopic (exact) mass is 296 g/mol. The lowest BCUT2D eigenvalue weighted by Gasteiger charge is -2.23. The number of thiophene rings is 1. The molecule has 4 heteroatoms. The fourth-order valence-corrected chi connectivity index (χ4v) is 2.87. The molecule has 1 N–H and O–H groups in total. The van der Waals surface area contributed by atoms with Gasteiger partial charge in [0.05, 0.1) is 23.9 Å². The summed E-state index contributed by atoms with van der Waals surface area (Å²) in [6.45, 7) is 1.35. The predicted octanol–water partition coefficient (Wildman–Crippen LogP) is 3.01. The van der Waals surface area contributed by atoms with Gasteiger partial charge in [0, 0.05) is 17.1 Å². The average Bonchev–Trinajstić information content (AvgIpc) is 2.97. The number of aliphatic hydroxyl groups is 1. The van der Waals surface area contributed by atoms with E-state index in [-0.39, 0.29) is 6.61 Å². The second kappa shape index (κ2) is 8.11. The molecule has 0 aliphatic heterocycles. The van der Waals surface area contributed by atoms with Crippen molar-refractivity contribution in [2.24, 2.45) is 0 Å². The van der Waals surface area contributed by atoms with Crippen LogP contribution in [0.1, 0.15) is 16.2 Å². The number of aliphatic hydroxyl groups excluding tert-OH is 1. The Hall–Kier alpha value is -2.27. The van der Waals surface area contributed by atoms with Crippen LogP contribution in [0.25, 0.3) is 0 Å². The van der Waals surface area contributed by atoms with Gasteiger partial charge in [-0.2, -0.15) is 5.26 Å². The lowest BCUT2D eigenvalue weighted by molar-refractivity contribution is 0.350. The van der Waals surface area contributed by atoms with Gasteiger partial charge in [-0.3, -0.25) is 0 Å². The Labute approximate surface area is 129 Å². The summed E-state index contributed by atoms with van der Waals surface area (Å²) in [5, 5.41) is 17.5. The zero-order valence-electron chi connectivity index (χ0n) is 11.6. The summed E-state index contributed by atoms with van der Waals surface area (Å²) in [6, 6.07) is 16.3. The van der Waals surface area contributed by atoms with Gasteiger partial charge in [-0.25, -0.2) is 0 Å². The third-order valence-electron chi connectivity index (χ3n) is 2.91. The molecule has 21 heavy (non-hydrogen) atoms. The van der Waals surface area contributed by atoms with Crippen LogP contribution in [0.15, 0.2) is 42.5 Å². The number of rotatable bonds is 5. The second-order valence-corrected chi connectivity index (χ2v) is 5.56. The maximum absolute atomic E-state index is 8.81. The van der Waals surface area contributed by atoms with E-state index in [1.54, 1.807) is 11.3 Å².